The Bertz CT molecular complexity index is 712. The van der Waals surface area contributed by atoms with Gasteiger partial charge in [0, 0.05) is 6.54 Å². The van der Waals surface area contributed by atoms with Crippen LogP contribution in [0.15, 0.2) is 18.2 Å². The van der Waals surface area contributed by atoms with Crippen LogP contribution < -0.4 is 4.31 Å². The summed E-state index contributed by atoms with van der Waals surface area (Å²) in [5, 5.41) is 0. The van der Waals surface area contributed by atoms with E-state index < -0.39 is 21.8 Å². The Labute approximate surface area is 129 Å². The van der Waals surface area contributed by atoms with E-state index in [0.29, 0.717) is 18.4 Å². The number of ether oxygens (including phenoxy) is 1. The highest BCUT2D eigenvalue weighted by Crippen LogP contribution is 2.30. The van der Waals surface area contributed by atoms with Crippen LogP contribution in [0.25, 0.3) is 6.08 Å². The zero-order chi connectivity index (χ0) is 16.3. The van der Waals surface area contributed by atoms with Crippen LogP contribution in [0.4, 0.5) is 10.1 Å². The molecular weight excluding hydrogens is 309 g/mol. The number of esters is 1. The van der Waals surface area contributed by atoms with E-state index in [1.165, 1.54) is 12.1 Å². The van der Waals surface area contributed by atoms with Gasteiger partial charge in [-0.15, -0.1) is 0 Å². The fourth-order valence-electron chi connectivity index (χ4n) is 2.42. The van der Waals surface area contributed by atoms with Gasteiger partial charge in [-0.1, -0.05) is 12.2 Å². The van der Waals surface area contributed by atoms with Gasteiger partial charge in [-0.05, 0) is 37.5 Å². The SMILES string of the molecule is CC=Cc1cc(C(=O)OC)c(F)c(N2CCCCS2(=O)=O)c1. The molecule has 0 N–H and O–H groups in total. The van der Waals surface area contributed by atoms with Crippen molar-refractivity contribution in [2.75, 3.05) is 23.7 Å². The summed E-state index contributed by atoms with van der Waals surface area (Å²) in [5.41, 5.74) is 0.171. The fourth-order valence-corrected chi connectivity index (χ4v) is 4.05. The highest BCUT2D eigenvalue weighted by molar-refractivity contribution is 7.92. The summed E-state index contributed by atoms with van der Waals surface area (Å²) >= 11 is 0. The first-order valence-electron chi connectivity index (χ1n) is 6.95. The van der Waals surface area contributed by atoms with Gasteiger partial charge in [0.1, 0.15) is 0 Å². The molecule has 22 heavy (non-hydrogen) atoms. The second kappa shape index (κ2) is 6.48. The number of carbonyl (C=O) groups excluding carboxylic acids is 1. The predicted octanol–water partition coefficient (Wildman–Crippen LogP) is 2.58. The molecule has 1 saturated heterocycles. The molecule has 0 saturated carbocycles. The normalized spacial score (nSPS) is 17.7. The van der Waals surface area contributed by atoms with E-state index in [0.717, 1.165) is 11.4 Å². The molecule has 1 heterocycles. The van der Waals surface area contributed by atoms with E-state index in [2.05, 4.69) is 4.74 Å². The quantitative estimate of drug-likeness (QED) is 0.801. The Morgan fingerprint density at radius 2 is 2.09 bits per heavy atom. The minimum Gasteiger partial charge on any atom is -0.465 e. The maximum Gasteiger partial charge on any atom is 0.340 e. The van der Waals surface area contributed by atoms with E-state index in [4.69, 9.17) is 0 Å². The number of benzene rings is 1. The van der Waals surface area contributed by atoms with Crippen LogP contribution in [0.3, 0.4) is 0 Å². The number of sulfonamides is 1. The average Bonchev–Trinajstić information content (AvgIpc) is 2.48. The van der Waals surface area contributed by atoms with Crippen LogP contribution in [0.2, 0.25) is 0 Å². The first-order valence-corrected chi connectivity index (χ1v) is 8.56. The molecule has 1 aromatic carbocycles. The lowest BCUT2D eigenvalue weighted by molar-refractivity contribution is 0.0595. The lowest BCUT2D eigenvalue weighted by Crippen LogP contribution is -2.38. The topological polar surface area (TPSA) is 63.7 Å². The van der Waals surface area contributed by atoms with Crippen LogP contribution in [0.1, 0.15) is 35.7 Å². The van der Waals surface area contributed by atoms with Crippen molar-refractivity contribution in [1.29, 1.82) is 0 Å². The molecule has 1 aromatic rings. The molecule has 1 aliphatic heterocycles. The van der Waals surface area contributed by atoms with Crippen molar-refractivity contribution < 1.29 is 22.3 Å². The van der Waals surface area contributed by atoms with Gasteiger partial charge in [-0.3, -0.25) is 4.31 Å². The summed E-state index contributed by atoms with van der Waals surface area (Å²) in [6, 6.07) is 2.78. The summed E-state index contributed by atoms with van der Waals surface area (Å²) in [5.74, 6) is -1.72. The van der Waals surface area contributed by atoms with Crippen LogP contribution in [0.5, 0.6) is 0 Å². The third-order valence-corrected chi connectivity index (χ3v) is 5.31. The van der Waals surface area contributed by atoms with Gasteiger partial charge >= 0.3 is 5.97 Å². The maximum absolute atomic E-state index is 14.6. The third kappa shape index (κ3) is 3.14. The summed E-state index contributed by atoms with van der Waals surface area (Å²) in [6.45, 7) is 1.98. The second-order valence-electron chi connectivity index (χ2n) is 4.99. The highest BCUT2D eigenvalue weighted by atomic mass is 32.2. The number of rotatable bonds is 3. The molecule has 1 aliphatic rings. The van der Waals surface area contributed by atoms with Crippen molar-refractivity contribution in [3.63, 3.8) is 0 Å². The van der Waals surface area contributed by atoms with Gasteiger partial charge in [0.25, 0.3) is 0 Å². The minimum absolute atomic E-state index is 0.0200. The van der Waals surface area contributed by atoms with E-state index >= 15 is 0 Å². The molecule has 0 amide bonds. The van der Waals surface area contributed by atoms with E-state index in [-0.39, 0.29) is 23.5 Å². The van der Waals surface area contributed by atoms with Crippen molar-refractivity contribution in [2.45, 2.75) is 19.8 Å². The molecule has 7 heteroatoms. The van der Waals surface area contributed by atoms with Gasteiger partial charge in [0.05, 0.1) is 24.1 Å². The van der Waals surface area contributed by atoms with Crippen molar-refractivity contribution in [1.82, 2.24) is 0 Å². The minimum atomic E-state index is -3.56. The number of halogens is 1. The summed E-state index contributed by atoms with van der Waals surface area (Å²) < 4.78 is 44.6. The number of anilines is 1. The molecule has 0 radical (unpaired) electrons. The summed E-state index contributed by atoms with van der Waals surface area (Å²) in [6.07, 6.45) is 4.60. The monoisotopic (exact) mass is 327 g/mol. The standard InChI is InChI=1S/C15H18FNO4S/c1-3-6-11-9-12(15(18)21-2)14(16)13(10-11)17-7-4-5-8-22(17,19)20/h3,6,9-10H,4-5,7-8H2,1-2H3. The Kier molecular flexibility index (Phi) is 4.85. The molecule has 120 valence electrons. The Hall–Kier alpha value is -1.89. The molecule has 0 aliphatic carbocycles. The van der Waals surface area contributed by atoms with Crippen molar-refractivity contribution in [3.8, 4) is 0 Å². The largest absolute Gasteiger partial charge is 0.465 e. The smallest absolute Gasteiger partial charge is 0.340 e. The molecule has 1 fully saturated rings. The van der Waals surface area contributed by atoms with Gasteiger partial charge in [0.2, 0.25) is 10.0 Å². The van der Waals surface area contributed by atoms with Crippen LogP contribution in [0, 0.1) is 5.82 Å². The van der Waals surface area contributed by atoms with Gasteiger partial charge in [0.15, 0.2) is 5.82 Å². The Morgan fingerprint density at radius 3 is 2.68 bits per heavy atom. The first kappa shape index (κ1) is 16.5. The predicted molar refractivity (Wildman–Crippen MR) is 82.8 cm³/mol. The Balaban J connectivity index is 2.63. The van der Waals surface area contributed by atoms with Gasteiger partial charge in [-0.25, -0.2) is 17.6 Å². The third-order valence-electron chi connectivity index (χ3n) is 3.46. The van der Waals surface area contributed by atoms with Crippen LogP contribution in [-0.4, -0.2) is 33.8 Å². The van der Waals surface area contributed by atoms with Gasteiger partial charge in [-0.2, -0.15) is 0 Å². The fraction of sp³-hybridized carbons (Fsp3) is 0.400. The number of nitrogens with zero attached hydrogens (tertiary/aromatic N) is 1. The second-order valence-corrected chi connectivity index (χ2v) is 7.00. The van der Waals surface area contributed by atoms with Crippen LogP contribution in [-0.2, 0) is 14.8 Å². The molecule has 0 aromatic heterocycles. The molecule has 5 nitrogen and oxygen atoms in total. The number of allylic oxidation sites excluding steroid dienone is 1. The average molecular weight is 327 g/mol. The number of hydrogen-bond donors (Lipinski definition) is 0. The molecule has 0 atom stereocenters. The van der Waals surface area contributed by atoms with E-state index in [1.54, 1.807) is 19.1 Å². The number of hydrogen-bond acceptors (Lipinski definition) is 4. The summed E-state index contributed by atoms with van der Waals surface area (Å²) in [4.78, 5) is 11.7. The van der Waals surface area contributed by atoms with Gasteiger partial charge < -0.3 is 4.74 Å². The lowest BCUT2D eigenvalue weighted by atomic mass is 10.1. The van der Waals surface area contributed by atoms with Crippen molar-refractivity contribution in [2.24, 2.45) is 0 Å². The molecule has 0 unspecified atom stereocenters. The van der Waals surface area contributed by atoms with Crippen molar-refractivity contribution >= 4 is 27.8 Å². The zero-order valence-corrected chi connectivity index (χ0v) is 13.3. The van der Waals surface area contributed by atoms with Crippen LogP contribution >= 0.6 is 0 Å². The number of carbonyl (C=O) groups is 1. The van der Waals surface area contributed by atoms with E-state index in [1.807, 2.05) is 0 Å². The molecular formula is C15H18FNO4S. The lowest BCUT2D eigenvalue weighted by Gasteiger charge is -2.29. The first-order chi connectivity index (χ1) is 10.4. The Morgan fingerprint density at radius 1 is 1.36 bits per heavy atom. The zero-order valence-electron chi connectivity index (χ0n) is 12.5. The molecule has 0 spiro atoms. The molecule has 2 rings (SSSR count). The summed E-state index contributed by atoms with van der Waals surface area (Å²) in [7, 11) is -2.41. The molecule has 0 bridgehead atoms. The highest BCUT2D eigenvalue weighted by Gasteiger charge is 2.30. The van der Waals surface area contributed by atoms with Crippen molar-refractivity contribution in [3.05, 3.63) is 35.2 Å². The van der Waals surface area contributed by atoms with E-state index in [9.17, 15) is 17.6 Å². The number of methoxy groups -OCH3 is 1. The maximum atomic E-state index is 14.6.